The van der Waals surface area contributed by atoms with E-state index in [-0.39, 0.29) is 18.2 Å². The Labute approximate surface area is 166 Å². The first-order chi connectivity index (χ1) is 12.9. The molecule has 0 unspecified atom stereocenters. The van der Waals surface area contributed by atoms with Crippen LogP contribution in [0.25, 0.3) is 0 Å². The maximum absolute atomic E-state index is 12.7. The van der Waals surface area contributed by atoms with Crippen LogP contribution in [0.2, 0.25) is 0 Å². The number of aryl methyl sites for hydroxylation is 1. The Balaban J connectivity index is 1.77. The van der Waals surface area contributed by atoms with Gasteiger partial charge in [0.1, 0.15) is 11.5 Å². The van der Waals surface area contributed by atoms with Gasteiger partial charge in [0.25, 0.3) is 0 Å². The minimum atomic E-state index is -0.433. The summed E-state index contributed by atoms with van der Waals surface area (Å²) in [4.78, 5) is 26.8. The van der Waals surface area contributed by atoms with Gasteiger partial charge < -0.3 is 19.7 Å². The molecule has 1 N–H and O–H groups in total. The third kappa shape index (κ3) is 4.08. The molecule has 1 heterocycles. The van der Waals surface area contributed by atoms with Gasteiger partial charge in [-0.25, -0.2) is 0 Å². The van der Waals surface area contributed by atoms with Crippen molar-refractivity contribution in [3.63, 3.8) is 0 Å². The van der Waals surface area contributed by atoms with E-state index >= 15 is 0 Å². The lowest BCUT2D eigenvalue weighted by atomic mass is 10.1. The topological polar surface area (TPSA) is 67.9 Å². The van der Waals surface area contributed by atoms with Gasteiger partial charge in [-0.1, -0.05) is 15.9 Å². The molecule has 0 saturated carbocycles. The lowest BCUT2D eigenvalue weighted by Gasteiger charge is -2.20. The van der Waals surface area contributed by atoms with Crippen LogP contribution < -0.4 is 19.7 Å². The lowest BCUT2D eigenvalue weighted by molar-refractivity contribution is -0.122. The number of carbonyl (C=O) groups excluding carboxylic acids is 2. The Morgan fingerprint density at radius 1 is 1.19 bits per heavy atom. The number of anilines is 2. The summed E-state index contributed by atoms with van der Waals surface area (Å²) in [7, 11) is 3.11. The quantitative estimate of drug-likeness (QED) is 0.780. The number of halogens is 1. The fourth-order valence-electron chi connectivity index (χ4n) is 3.09. The van der Waals surface area contributed by atoms with Crippen molar-refractivity contribution in [3.05, 3.63) is 46.4 Å². The van der Waals surface area contributed by atoms with Crippen LogP contribution in [0.1, 0.15) is 12.0 Å². The van der Waals surface area contributed by atoms with Crippen LogP contribution in [0.4, 0.5) is 11.4 Å². The van der Waals surface area contributed by atoms with Crippen molar-refractivity contribution in [2.45, 2.75) is 13.3 Å². The number of methoxy groups -OCH3 is 2. The van der Waals surface area contributed by atoms with Gasteiger partial charge in [-0.3, -0.25) is 9.59 Å². The van der Waals surface area contributed by atoms with E-state index in [4.69, 9.17) is 9.47 Å². The van der Waals surface area contributed by atoms with Crippen molar-refractivity contribution in [3.8, 4) is 11.5 Å². The molecule has 0 radical (unpaired) electrons. The largest absolute Gasteiger partial charge is 0.497 e. The van der Waals surface area contributed by atoms with E-state index < -0.39 is 5.92 Å². The number of nitrogens with one attached hydrogen (secondary N) is 1. The Bertz CT molecular complexity index is 884. The number of ether oxygens (including phenoxy) is 2. The van der Waals surface area contributed by atoms with Gasteiger partial charge in [0.15, 0.2) is 0 Å². The van der Waals surface area contributed by atoms with Crippen molar-refractivity contribution in [1.82, 2.24) is 0 Å². The molecule has 142 valence electrons. The maximum Gasteiger partial charge on any atom is 0.229 e. The van der Waals surface area contributed by atoms with E-state index in [9.17, 15) is 9.59 Å². The van der Waals surface area contributed by atoms with E-state index in [1.54, 1.807) is 37.3 Å². The van der Waals surface area contributed by atoms with Gasteiger partial charge in [0, 0.05) is 29.2 Å². The molecule has 0 aromatic heterocycles. The molecule has 2 aromatic carbocycles. The first-order valence-electron chi connectivity index (χ1n) is 8.52. The van der Waals surface area contributed by atoms with Gasteiger partial charge >= 0.3 is 0 Å². The number of hydrogen-bond acceptors (Lipinski definition) is 4. The second-order valence-electron chi connectivity index (χ2n) is 6.40. The minimum absolute atomic E-state index is 0.117. The van der Waals surface area contributed by atoms with Crippen molar-refractivity contribution < 1.29 is 19.1 Å². The number of carbonyl (C=O) groups is 2. The zero-order valence-electron chi connectivity index (χ0n) is 15.4. The monoisotopic (exact) mass is 432 g/mol. The molecular formula is C20H21BrN2O4. The number of benzene rings is 2. The molecule has 2 amide bonds. The van der Waals surface area contributed by atoms with E-state index in [2.05, 4.69) is 21.2 Å². The van der Waals surface area contributed by atoms with Crippen LogP contribution in [0, 0.1) is 12.8 Å². The predicted molar refractivity (Wildman–Crippen MR) is 108 cm³/mol. The maximum atomic E-state index is 12.7. The second kappa shape index (κ2) is 8.00. The van der Waals surface area contributed by atoms with Crippen LogP contribution >= 0.6 is 15.9 Å². The highest BCUT2D eigenvalue weighted by Crippen LogP contribution is 2.36. The molecule has 27 heavy (non-hydrogen) atoms. The van der Waals surface area contributed by atoms with E-state index in [0.29, 0.717) is 29.4 Å². The second-order valence-corrected chi connectivity index (χ2v) is 7.25. The van der Waals surface area contributed by atoms with Crippen LogP contribution in [0.15, 0.2) is 40.9 Å². The summed E-state index contributed by atoms with van der Waals surface area (Å²) in [6.07, 6.45) is 0.154. The van der Waals surface area contributed by atoms with E-state index in [1.807, 2.05) is 25.1 Å². The zero-order chi connectivity index (χ0) is 19.6. The van der Waals surface area contributed by atoms with Crippen molar-refractivity contribution in [2.24, 2.45) is 5.92 Å². The van der Waals surface area contributed by atoms with Gasteiger partial charge in [-0.15, -0.1) is 0 Å². The molecule has 6 nitrogen and oxygen atoms in total. The van der Waals surface area contributed by atoms with Gasteiger partial charge in [-0.2, -0.15) is 0 Å². The average molecular weight is 433 g/mol. The highest BCUT2D eigenvalue weighted by atomic mass is 79.9. The summed E-state index contributed by atoms with van der Waals surface area (Å²) >= 11 is 3.44. The highest BCUT2D eigenvalue weighted by molar-refractivity contribution is 9.10. The summed E-state index contributed by atoms with van der Waals surface area (Å²) in [5.41, 5.74) is 2.35. The highest BCUT2D eigenvalue weighted by Gasteiger charge is 2.36. The molecular weight excluding hydrogens is 412 g/mol. The molecule has 1 aliphatic heterocycles. The molecule has 1 saturated heterocycles. The number of hydrogen-bond donors (Lipinski definition) is 1. The number of amides is 2. The SMILES string of the molecule is COc1ccc(OC)c(N2C[C@@H](C(=O)Nc3ccc(Br)c(C)c3)CC2=O)c1. The van der Waals surface area contributed by atoms with E-state index in [0.717, 1.165) is 10.0 Å². The molecule has 0 aliphatic carbocycles. The lowest BCUT2D eigenvalue weighted by Crippen LogP contribution is -2.28. The Morgan fingerprint density at radius 3 is 2.63 bits per heavy atom. The molecule has 1 atom stereocenters. The standard InChI is InChI=1S/C20H21BrN2O4/c1-12-8-14(4-6-16(12)21)22-20(25)13-9-19(24)23(11-13)17-10-15(26-2)5-7-18(17)27-3/h4-8,10,13H,9,11H2,1-3H3,(H,22,25)/t13-/m0/s1. The first kappa shape index (κ1) is 19.2. The van der Waals surface area contributed by atoms with Crippen molar-refractivity contribution in [1.29, 1.82) is 0 Å². The van der Waals surface area contributed by atoms with Gasteiger partial charge in [-0.05, 0) is 42.8 Å². The van der Waals surface area contributed by atoms with E-state index in [1.165, 1.54) is 0 Å². The summed E-state index contributed by atoms with van der Waals surface area (Å²) in [5, 5.41) is 2.90. The van der Waals surface area contributed by atoms with Crippen LogP contribution in [0.3, 0.4) is 0 Å². The molecule has 1 fully saturated rings. The first-order valence-corrected chi connectivity index (χ1v) is 9.31. The van der Waals surface area contributed by atoms with Crippen LogP contribution in [0.5, 0.6) is 11.5 Å². The molecule has 2 aromatic rings. The summed E-state index contributed by atoms with van der Waals surface area (Å²) in [6.45, 7) is 2.25. The Kier molecular flexibility index (Phi) is 5.70. The predicted octanol–water partition coefficient (Wildman–Crippen LogP) is 3.77. The molecule has 1 aliphatic rings. The Morgan fingerprint density at radius 2 is 1.96 bits per heavy atom. The molecule has 0 spiro atoms. The smallest absolute Gasteiger partial charge is 0.229 e. The Hall–Kier alpha value is -2.54. The molecule has 3 rings (SSSR count). The summed E-state index contributed by atoms with van der Waals surface area (Å²) in [6, 6.07) is 10.9. The fraction of sp³-hybridized carbons (Fsp3) is 0.300. The normalized spacial score (nSPS) is 16.4. The minimum Gasteiger partial charge on any atom is -0.497 e. The molecule has 0 bridgehead atoms. The summed E-state index contributed by atoms with van der Waals surface area (Å²) < 4.78 is 11.6. The van der Waals surface area contributed by atoms with Crippen LogP contribution in [-0.4, -0.2) is 32.6 Å². The molecule has 7 heteroatoms. The number of nitrogens with zero attached hydrogens (tertiary/aromatic N) is 1. The zero-order valence-corrected chi connectivity index (χ0v) is 17.0. The third-order valence-electron chi connectivity index (χ3n) is 4.60. The summed E-state index contributed by atoms with van der Waals surface area (Å²) in [5.74, 6) is 0.464. The van der Waals surface area contributed by atoms with Crippen molar-refractivity contribution >= 4 is 39.1 Å². The van der Waals surface area contributed by atoms with Gasteiger partial charge in [0.2, 0.25) is 11.8 Å². The van der Waals surface area contributed by atoms with Gasteiger partial charge in [0.05, 0.1) is 25.8 Å². The fourth-order valence-corrected chi connectivity index (χ4v) is 3.34. The number of rotatable bonds is 5. The van der Waals surface area contributed by atoms with Crippen molar-refractivity contribution in [2.75, 3.05) is 31.0 Å². The third-order valence-corrected chi connectivity index (χ3v) is 5.49. The van der Waals surface area contributed by atoms with Crippen LogP contribution in [-0.2, 0) is 9.59 Å². The average Bonchev–Trinajstić information content (AvgIpc) is 3.06.